The number of nitrogens with two attached hydrogens (primary N) is 1. The van der Waals surface area contributed by atoms with Crippen LogP contribution in [0.4, 0.5) is 4.79 Å². The molecule has 4 heteroatoms. The maximum atomic E-state index is 10.3. The van der Waals surface area contributed by atoms with Crippen LogP contribution >= 0.6 is 0 Å². The lowest BCUT2D eigenvalue weighted by Gasteiger charge is -2.09. The van der Waals surface area contributed by atoms with Gasteiger partial charge in [-0.25, -0.2) is 4.79 Å². The van der Waals surface area contributed by atoms with Crippen LogP contribution in [0.3, 0.4) is 0 Å². The van der Waals surface area contributed by atoms with Crippen LogP contribution in [-0.4, -0.2) is 17.4 Å². The van der Waals surface area contributed by atoms with E-state index in [1.165, 1.54) is 19.3 Å². The zero-order valence-electron chi connectivity index (χ0n) is 8.25. The Kier molecular flexibility index (Phi) is 7.39. The van der Waals surface area contributed by atoms with Crippen LogP contribution in [0.1, 0.15) is 45.4 Å². The maximum Gasteiger partial charge on any atom is 0.314 e. The van der Waals surface area contributed by atoms with Crippen molar-refractivity contribution < 1.29 is 9.90 Å². The predicted octanol–water partition coefficient (Wildman–Crippen LogP) is 1.33. The topological polar surface area (TPSA) is 75.3 Å². The molecule has 0 aliphatic heterocycles. The second kappa shape index (κ2) is 7.86. The van der Waals surface area contributed by atoms with Gasteiger partial charge in [-0.2, -0.15) is 0 Å². The fourth-order valence-electron chi connectivity index (χ4n) is 1.18. The zero-order valence-corrected chi connectivity index (χ0v) is 8.25. The normalized spacial score (nSPS) is 12.5. The third-order valence-corrected chi connectivity index (χ3v) is 1.89. The minimum absolute atomic E-state index is 0.590. The van der Waals surface area contributed by atoms with E-state index in [2.05, 4.69) is 12.2 Å². The summed E-state index contributed by atoms with van der Waals surface area (Å²) < 4.78 is 0. The van der Waals surface area contributed by atoms with Gasteiger partial charge in [0, 0.05) is 0 Å². The summed E-state index contributed by atoms with van der Waals surface area (Å²) in [7, 11) is 0. The Labute approximate surface area is 79.5 Å². The molecule has 0 aliphatic carbocycles. The van der Waals surface area contributed by atoms with E-state index in [0.29, 0.717) is 6.42 Å². The average Bonchev–Trinajstić information content (AvgIpc) is 2.02. The van der Waals surface area contributed by atoms with Crippen molar-refractivity contribution in [1.82, 2.24) is 5.32 Å². The summed E-state index contributed by atoms with van der Waals surface area (Å²) in [6.07, 6.45) is 5.49. The first kappa shape index (κ1) is 12.2. The van der Waals surface area contributed by atoms with E-state index in [0.717, 1.165) is 12.8 Å². The molecule has 1 unspecified atom stereocenters. The van der Waals surface area contributed by atoms with E-state index in [-0.39, 0.29) is 0 Å². The molecule has 2 amide bonds. The molecule has 0 rings (SSSR count). The summed E-state index contributed by atoms with van der Waals surface area (Å²) >= 11 is 0. The number of carbonyl (C=O) groups is 1. The molecule has 4 N–H and O–H groups in total. The Balaban J connectivity index is 3.17. The van der Waals surface area contributed by atoms with Crippen LogP contribution in [-0.2, 0) is 0 Å². The van der Waals surface area contributed by atoms with Crippen molar-refractivity contribution in [3.8, 4) is 0 Å². The first-order chi connectivity index (χ1) is 6.16. The van der Waals surface area contributed by atoms with Crippen molar-refractivity contribution >= 4 is 6.03 Å². The Morgan fingerprint density at radius 1 is 1.38 bits per heavy atom. The summed E-state index contributed by atoms with van der Waals surface area (Å²) in [5.41, 5.74) is 4.84. The predicted molar refractivity (Wildman–Crippen MR) is 52.1 cm³/mol. The highest BCUT2D eigenvalue weighted by molar-refractivity contribution is 5.71. The van der Waals surface area contributed by atoms with Gasteiger partial charge in [0.1, 0.15) is 6.23 Å². The molecule has 13 heavy (non-hydrogen) atoms. The van der Waals surface area contributed by atoms with Gasteiger partial charge in [-0.05, 0) is 12.8 Å². The first-order valence-electron chi connectivity index (χ1n) is 4.91. The molecule has 0 aromatic carbocycles. The molecule has 0 aliphatic rings. The van der Waals surface area contributed by atoms with Crippen molar-refractivity contribution in [3.05, 3.63) is 0 Å². The summed E-state index contributed by atoms with van der Waals surface area (Å²) in [5.74, 6) is 0. The summed E-state index contributed by atoms with van der Waals surface area (Å²) in [6, 6.07) is -0.666. The molecular formula is C9H20N2O2. The van der Waals surface area contributed by atoms with Crippen molar-refractivity contribution in [2.45, 2.75) is 51.7 Å². The number of carbonyl (C=O) groups excluding carboxylic acids is 1. The van der Waals surface area contributed by atoms with Gasteiger partial charge >= 0.3 is 6.03 Å². The highest BCUT2D eigenvalue weighted by atomic mass is 16.3. The number of amides is 2. The number of primary amides is 1. The van der Waals surface area contributed by atoms with E-state index >= 15 is 0 Å². The van der Waals surface area contributed by atoms with Crippen LogP contribution in [0, 0.1) is 0 Å². The fraction of sp³-hybridized carbons (Fsp3) is 0.889. The number of hydrogen-bond acceptors (Lipinski definition) is 2. The molecular weight excluding hydrogens is 168 g/mol. The molecule has 0 fully saturated rings. The first-order valence-corrected chi connectivity index (χ1v) is 4.91. The number of unbranched alkanes of at least 4 members (excludes halogenated alkanes) is 4. The lowest BCUT2D eigenvalue weighted by Crippen LogP contribution is -2.38. The second-order valence-electron chi connectivity index (χ2n) is 3.23. The zero-order chi connectivity index (χ0) is 10.1. The number of hydrogen-bond donors (Lipinski definition) is 3. The van der Waals surface area contributed by atoms with E-state index in [4.69, 9.17) is 10.8 Å². The number of aliphatic hydroxyl groups is 1. The van der Waals surface area contributed by atoms with Crippen molar-refractivity contribution in [2.24, 2.45) is 5.73 Å². The quantitative estimate of drug-likeness (QED) is 0.416. The molecule has 0 saturated heterocycles. The minimum Gasteiger partial charge on any atom is -0.374 e. The molecule has 1 atom stereocenters. The molecule has 0 spiro atoms. The molecule has 0 radical (unpaired) electrons. The standard InChI is InChI=1S/C9H20N2O2/c1-2-3-4-5-6-7-8(12)11-9(10)13/h8,12H,2-7H2,1H3,(H3,10,11,13). The van der Waals surface area contributed by atoms with Gasteiger partial charge in [-0.15, -0.1) is 0 Å². The van der Waals surface area contributed by atoms with Gasteiger partial charge in [0.05, 0.1) is 0 Å². The molecule has 0 saturated carbocycles. The highest BCUT2D eigenvalue weighted by Gasteiger charge is 2.03. The Morgan fingerprint density at radius 3 is 2.54 bits per heavy atom. The third kappa shape index (κ3) is 9.14. The SMILES string of the molecule is CCCCCCCC(O)NC(N)=O. The summed E-state index contributed by atoms with van der Waals surface area (Å²) in [4.78, 5) is 10.3. The van der Waals surface area contributed by atoms with Crippen LogP contribution in [0.25, 0.3) is 0 Å². The van der Waals surface area contributed by atoms with Crippen LogP contribution < -0.4 is 11.1 Å². The smallest absolute Gasteiger partial charge is 0.314 e. The van der Waals surface area contributed by atoms with E-state index in [9.17, 15) is 4.79 Å². The van der Waals surface area contributed by atoms with Gasteiger partial charge in [-0.1, -0.05) is 32.6 Å². The largest absolute Gasteiger partial charge is 0.374 e. The van der Waals surface area contributed by atoms with Crippen LogP contribution in [0.5, 0.6) is 0 Å². The Hall–Kier alpha value is -0.770. The molecule has 0 aromatic heterocycles. The maximum absolute atomic E-state index is 10.3. The molecule has 0 heterocycles. The van der Waals surface area contributed by atoms with Gasteiger partial charge in [0.15, 0.2) is 0 Å². The third-order valence-electron chi connectivity index (χ3n) is 1.89. The minimum atomic E-state index is -0.779. The number of rotatable bonds is 7. The Bertz CT molecular complexity index is 140. The van der Waals surface area contributed by atoms with Crippen LogP contribution in [0.15, 0.2) is 0 Å². The van der Waals surface area contributed by atoms with Gasteiger partial charge in [-0.3, -0.25) is 0 Å². The Morgan fingerprint density at radius 2 is 2.00 bits per heavy atom. The number of urea groups is 1. The van der Waals surface area contributed by atoms with E-state index < -0.39 is 12.3 Å². The van der Waals surface area contributed by atoms with Crippen molar-refractivity contribution in [2.75, 3.05) is 0 Å². The average molecular weight is 188 g/mol. The second-order valence-corrected chi connectivity index (χ2v) is 3.23. The molecule has 0 bridgehead atoms. The highest BCUT2D eigenvalue weighted by Crippen LogP contribution is 2.05. The van der Waals surface area contributed by atoms with Crippen molar-refractivity contribution in [3.63, 3.8) is 0 Å². The molecule has 78 valence electrons. The van der Waals surface area contributed by atoms with Gasteiger partial charge < -0.3 is 16.2 Å². The van der Waals surface area contributed by atoms with E-state index in [1.807, 2.05) is 0 Å². The molecule has 0 aromatic rings. The lowest BCUT2D eigenvalue weighted by atomic mass is 10.1. The molecule has 4 nitrogen and oxygen atoms in total. The van der Waals surface area contributed by atoms with Crippen molar-refractivity contribution in [1.29, 1.82) is 0 Å². The monoisotopic (exact) mass is 188 g/mol. The fourth-order valence-corrected chi connectivity index (χ4v) is 1.18. The van der Waals surface area contributed by atoms with Gasteiger partial charge in [0.2, 0.25) is 0 Å². The van der Waals surface area contributed by atoms with E-state index in [1.54, 1.807) is 0 Å². The van der Waals surface area contributed by atoms with Crippen LogP contribution in [0.2, 0.25) is 0 Å². The summed E-state index contributed by atoms with van der Waals surface area (Å²) in [6.45, 7) is 2.16. The number of aliphatic hydroxyl groups excluding tert-OH is 1. The lowest BCUT2D eigenvalue weighted by molar-refractivity contribution is 0.132. The summed E-state index contributed by atoms with van der Waals surface area (Å²) in [5, 5.41) is 11.4. The van der Waals surface area contributed by atoms with Gasteiger partial charge in [0.25, 0.3) is 0 Å². The number of nitrogens with one attached hydrogen (secondary N) is 1.